The molecule has 0 aromatic carbocycles. The van der Waals surface area contributed by atoms with E-state index in [2.05, 4.69) is 31.1 Å². The van der Waals surface area contributed by atoms with Gasteiger partial charge in [-0.05, 0) is 38.4 Å². The van der Waals surface area contributed by atoms with E-state index < -0.39 is 33.7 Å². The number of hydrogen-bond acceptors (Lipinski definition) is 9. The normalized spacial score (nSPS) is 22.0. The van der Waals surface area contributed by atoms with Crippen LogP contribution in [-0.4, -0.2) is 68.5 Å². The Labute approximate surface area is 188 Å². The summed E-state index contributed by atoms with van der Waals surface area (Å²) in [6.45, 7) is 3.28. The number of aliphatic carboxylic acids is 1. The second-order valence-corrected chi connectivity index (χ2v) is 9.61. The highest BCUT2D eigenvalue weighted by Crippen LogP contribution is 2.17. The minimum Gasteiger partial charge on any atom is -0.478 e. The first kappa shape index (κ1) is 26.0. The number of rotatable bonds is 15. The lowest BCUT2D eigenvalue weighted by molar-refractivity contribution is -0.151. The van der Waals surface area contributed by atoms with Crippen LogP contribution in [0.3, 0.4) is 0 Å². The van der Waals surface area contributed by atoms with E-state index in [1.807, 2.05) is 19.2 Å². The summed E-state index contributed by atoms with van der Waals surface area (Å²) in [5, 5.41) is 25.4. The van der Waals surface area contributed by atoms with Crippen LogP contribution in [0.5, 0.6) is 0 Å². The van der Waals surface area contributed by atoms with Crippen molar-refractivity contribution >= 4 is 28.1 Å². The minimum atomic E-state index is -3.93. The van der Waals surface area contributed by atoms with Crippen molar-refractivity contribution in [3.05, 3.63) is 12.3 Å². The molecule has 12 nitrogen and oxygen atoms in total. The molecule has 0 saturated heterocycles. The smallest absolute Gasteiger partial charge is 0.345 e. The maximum Gasteiger partial charge on any atom is 0.345 e. The quantitative estimate of drug-likeness (QED) is 0.135. The molecule has 2 aliphatic heterocycles. The van der Waals surface area contributed by atoms with E-state index in [1.165, 1.54) is 6.21 Å². The van der Waals surface area contributed by atoms with Crippen molar-refractivity contribution in [1.82, 2.24) is 26.0 Å². The Morgan fingerprint density at radius 3 is 2.72 bits per heavy atom. The lowest BCUT2D eigenvalue weighted by atomic mass is 10.0. The lowest BCUT2D eigenvalue weighted by Gasteiger charge is -2.32. The second-order valence-electron chi connectivity index (χ2n) is 7.77. The summed E-state index contributed by atoms with van der Waals surface area (Å²) in [7, 11) is -3.93. The van der Waals surface area contributed by atoms with E-state index in [1.54, 1.807) is 0 Å². The largest absolute Gasteiger partial charge is 0.478 e. The number of carbonyl (C=O) groups is 2. The number of hydrogen-bond donors (Lipinski definition) is 6. The van der Waals surface area contributed by atoms with Crippen LogP contribution in [0.4, 0.5) is 0 Å². The molecule has 13 heteroatoms. The van der Waals surface area contributed by atoms with Crippen LogP contribution >= 0.6 is 0 Å². The van der Waals surface area contributed by atoms with Crippen LogP contribution in [0.2, 0.25) is 0 Å². The standard InChI is InChI=1S/C19H34N6O6S/c1-2-3-14-32(29,30)25-19(17(27)28,24-16(26)15-8-13-23-31-15)9-5-4-6-10-20-18-21-11-7-12-22-18/h7,11,13,15,18,20-22,25H,2-6,8-10,12,14H2,1H3,(H,24,26)(H,27,28). The summed E-state index contributed by atoms with van der Waals surface area (Å²) in [5.41, 5.74) is -2.15. The average molecular weight is 475 g/mol. The monoisotopic (exact) mass is 474 g/mol. The van der Waals surface area contributed by atoms with Gasteiger partial charge in [0.15, 0.2) is 0 Å². The molecule has 6 N–H and O–H groups in total. The van der Waals surface area contributed by atoms with Crippen LogP contribution in [0, 0.1) is 0 Å². The summed E-state index contributed by atoms with van der Waals surface area (Å²) in [5.74, 6) is -2.42. The molecule has 3 atom stereocenters. The minimum absolute atomic E-state index is 0.0311. The Hall–Kier alpha value is -2.22. The van der Waals surface area contributed by atoms with E-state index in [0.717, 1.165) is 13.0 Å². The molecule has 3 unspecified atom stereocenters. The zero-order valence-electron chi connectivity index (χ0n) is 18.3. The lowest BCUT2D eigenvalue weighted by Crippen LogP contribution is -2.67. The highest BCUT2D eigenvalue weighted by atomic mass is 32.2. The number of amides is 1. The maximum atomic E-state index is 12.5. The summed E-state index contributed by atoms with van der Waals surface area (Å²) < 4.78 is 27.3. The Balaban J connectivity index is 1.96. The highest BCUT2D eigenvalue weighted by Gasteiger charge is 2.44. The molecule has 0 fully saturated rings. The van der Waals surface area contributed by atoms with E-state index in [9.17, 15) is 23.1 Å². The fourth-order valence-electron chi connectivity index (χ4n) is 3.28. The average Bonchev–Trinajstić information content (AvgIpc) is 3.30. The van der Waals surface area contributed by atoms with Gasteiger partial charge in [-0.1, -0.05) is 31.0 Å². The van der Waals surface area contributed by atoms with Crippen molar-refractivity contribution in [2.75, 3.05) is 18.8 Å². The van der Waals surface area contributed by atoms with E-state index >= 15 is 0 Å². The van der Waals surface area contributed by atoms with Crippen molar-refractivity contribution in [3.63, 3.8) is 0 Å². The third-order valence-electron chi connectivity index (χ3n) is 5.07. The molecule has 1 amide bonds. The molecule has 0 radical (unpaired) electrons. The summed E-state index contributed by atoms with van der Waals surface area (Å²) in [6, 6.07) is 0. The molecule has 32 heavy (non-hydrogen) atoms. The number of sulfonamides is 1. The number of oxime groups is 1. The molecule has 0 aromatic rings. The second kappa shape index (κ2) is 12.7. The molecule has 182 valence electrons. The number of carboxylic acid groups (broad SMARTS) is 1. The fourth-order valence-corrected chi connectivity index (χ4v) is 4.82. The Kier molecular flexibility index (Phi) is 10.4. The zero-order chi connectivity index (χ0) is 23.5. The van der Waals surface area contributed by atoms with E-state index in [0.29, 0.717) is 32.2 Å². The molecular weight excluding hydrogens is 440 g/mol. The third-order valence-corrected chi connectivity index (χ3v) is 6.56. The fraction of sp³-hybridized carbons (Fsp3) is 0.737. The first-order valence-corrected chi connectivity index (χ1v) is 12.6. The number of nitrogens with one attached hydrogen (secondary N) is 5. The Bertz CT molecular complexity index is 781. The number of nitrogens with zero attached hydrogens (tertiary/aromatic N) is 1. The van der Waals surface area contributed by atoms with Gasteiger partial charge in [-0.3, -0.25) is 15.4 Å². The van der Waals surface area contributed by atoms with Gasteiger partial charge in [0.05, 0.1) is 5.75 Å². The Morgan fingerprint density at radius 1 is 1.28 bits per heavy atom. The van der Waals surface area contributed by atoms with Crippen molar-refractivity contribution in [3.8, 4) is 0 Å². The molecule has 2 aliphatic rings. The van der Waals surface area contributed by atoms with E-state index in [4.69, 9.17) is 4.84 Å². The maximum absolute atomic E-state index is 12.5. The molecule has 0 saturated carbocycles. The molecular formula is C19H34N6O6S. The van der Waals surface area contributed by atoms with Crippen molar-refractivity contribution in [1.29, 1.82) is 0 Å². The van der Waals surface area contributed by atoms with Crippen LogP contribution in [0.25, 0.3) is 0 Å². The number of unbranched alkanes of at least 4 members (excludes halogenated alkanes) is 3. The first-order chi connectivity index (χ1) is 15.3. The SMILES string of the molecule is CCCCS(=O)(=O)NC(CCCCCNC1NC=CCN1)(NC(=O)C1CC=NO1)C(=O)O. The van der Waals surface area contributed by atoms with Crippen molar-refractivity contribution < 1.29 is 28.0 Å². The van der Waals surface area contributed by atoms with Gasteiger partial charge in [0.2, 0.25) is 21.8 Å². The molecule has 0 bridgehead atoms. The van der Waals surface area contributed by atoms with Crippen LogP contribution in [0.1, 0.15) is 51.9 Å². The first-order valence-electron chi connectivity index (χ1n) is 10.9. The van der Waals surface area contributed by atoms with Crippen LogP contribution < -0.4 is 26.0 Å². The van der Waals surface area contributed by atoms with Gasteiger partial charge >= 0.3 is 5.97 Å². The van der Waals surface area contributed by atoms with Crippen molar-refractivity contribution in [2.24, 2.45) is 5.16 Å². The predicted octanol–water partition coefficient (Wildman–Crippen LogP) is -0.482. The van der Waals surface area contributed by atoms with Crippen LogP contribution in [0.15, 0.2) is 17.4 Å². The van der Waals surface area contributed by atoms with Gasteiger partial charge in [-0.25, -0.2) is 13.2 Å². The third kappa shape index (κ3) is 8.37. The molecule has 0 aliphatic carbocycles. The van der Waals surface area contributed by atoms with Gasteiger partial charge in [-0.2, -0.15) is 4.72 Å². The van der Waals surface area contributed by atoms with E-state index in [-0.39, 0.29) is 24.9 Å². The molecule has 2 rings (SSSR count). The zero-order valence-corrected chi connectivity index (χ0v) is 19.1. The van der Waals surface area contributed by atoms with Gasteiger partial charge in [-0.15, -0.1) is 0 Å². The summed E-state index contributed by atoms with van der Waals surface area (Å²) >= 11 is 0. The highest BCUT2D eigenvalue weighted by molar-refractivity contribution is 7.89. The number of carboxylic acids is 1. The molecule has 0 spiro atoms. The van der Waals surface area contributed by atoms with Crippen LogP contribution in [-0.2, 0) is 24.4 Å². The molecule has 2 heterocycles. The van der Waals surface area contributed by atoms with Crippen molar-refractivity contribution in [2.45, 2.75) is 69.9 Å². The number of carbonyl (C=O) groups excluding carboxylic acids is 1. The van der Waals surface area contributed by atoms with Gasteiger partial charge in [0.25, 0.3) is 5.91 Å². The van der Waals surface area contributed by atoms with Gasteiger partial charge < -0.3 is 20.6 Å². The van der Waals surface area contributed by atoms with Gasteiger partial charge in [0.1, 0.15) is 6.29 Å². The molecule has 0 aromatic heterocycles. The Morgan fingerprint density at radius 2 is 2.09 bits per heavy atom. The summed E-state index contributed by atoms with van der Waals surface area (Å²) in [4.78, 5) is 29.6. The topological polar surface area (TPSA) is 170 Å². The van der Waals surface area contributed by atoms with Gasteiger partial charge in [0, 0.05) is 19.2 Å². The summed E-state index contributed by atoms with van der Waals surface area (Å²) in [6.07, 6.45) is 7.08. The predicted molar refractivity (Wildman–Crippen MR) is 119 cm³/mol.